The molecule has 0 bridgehead atoms. The van der Waals surface area contributed by atoms with Crippen molar-refractivity contribution in [3.63, 3.8) is 0 Å². The molecule has 0 aromatic heterocycles. The Morgan fingerprint density at radius 1 is 0.444 bits per heavy atom. The molecule has 1 saturated carbocycles. The lowest BCUT2D eigenvalue weighted by molar-refractivity contribution is -0.154. The van der Waals surface area contributed by atoms with Crippen LogP contribution in [0.3, 0.4) is 0 Å². The van der Waals surface area contributed by atoms with E-state index >= 15 is 9.59 Å². The summed E-state index contributed by atoms with van der Waals surface area (Å²) >= 11 is 0. The Morgan fingerprint density at radius 3 is 1.41 bits per heavy atom. The minimum Gasteiger partial charge on any atom is -0.481 e. The van der Waals surface area contributed by atoms with Gasteiger partial charge in [0.1, 0.15) is 67.0 Å². The monoisotopic (exact) mass is 1380 g/mol. The van der Waals surface area contributed by atoms with Gasteiger partial charge in [-0.1, -0.05) is 133 Å². The third kappa shape index (κ3) is 20.6. The predicted octanol–water partition coefficient (Wildman–Crippen LogP) is 5.87. The van der Waals surface area contributed by atoms with E-state index in [1.54, 1.807) is 37.3 Å². The number of benzene rings is 3. The third-order valence-corrected chi connectivity index (χ3v) is 19.4. The molecule has 25 nitrogen and oxygen atoms in total. The molecule has 0 spiro atoms. The van der Waals surface area contributed by atoms with Crippen LogP contribution in [0.4, 0.5) is 4.79 Å². The molecule has 1 fully saturated rings. The maximum absolute atomic E-state index is 15.2. The second-order valence-corrected chi connectivity index (χ2v) is 28.4. The number of fused-ring (bicyclic) bond motifs is 3. The van der Waals surface area contributed by atoms with Crippen molar-refractivity contribution in [3.05, 3.63) is 95.6 Å². The Balaban J connectivity index is 1.30. The van der Waals surface area contributed by atoms with Crippen molar-refractivity contribution in [1.29, 1.82) is 0 Å². The van der Waals surface area contributed by atoms with Crippen molar-refractivity contribution in [2.45, 2.75) is 193 Å². The molecule has 0 radical (unpaired) electrons. The Bertz CT molecular complexity index is 3310. The zero-order valence-electron chi connectivity index (χ0n) is 61.6. The number of carbonyl (C=O) groups excluding carboxylic acids is 11. The topological polar surface area (TPSA) is 296 Å². The van der Waals surface area contributed by atoms with E-state index in [-0.39, 0.29) is 61.9 Å². The SMILES string of the molecule is CC(C)C[C@H](NC(=O)[C@H](Cc1ccccc1)N(C)C(=O)[C@H](CC(C)C)N(C)C(=O)[C@H](C)NC(=O)[C@H](CC(C)C)N(C)C(=O)[C@H](C)N(C)C(=O)OCC1c2ccccc2-c2ccccc21)C(=O)N(C)[C@@H](C)C(=O)N[C@@H](C)C(=O)N(C)C(C(=O)N(C)[C@@H](CC(=O)O)C(=O)N(C)C)C1CCCC1. The number of carbonyl (C=O) groups is 12. The number of amides is 11. The second kappa shape index (κ2) is 36.3. The number of ether oxygens (including phenoxy) is 1. The van der Waals surface area contributed by atoms with Crippen LogP contribution in [-0.4, -0.2) is 246 Å². The Labute approximate surface area is 585 Å². The van der Waals surface area contributed by atoms with Crippen LogP contribution in [0.1, 0.15) is 143 Å². The molecule has 3 aromatic carbocycles. The lowest BCUT2D eigenvalue weighted by Crippen LogP contribution is -2.61. The summed E-state index contributed by atoms with van der Waals surface area (Å²) in [5, 5.41) is 18.1. The van der Waals surface area contributed by atoms with Crippen molar-refractivity contribution in [3.8, 4) is 11.1 Å². The van der Waals surface area contributed by atoms with Crippen LogP contribution in [-0.2, 0) is 63.9 Å². The molecule has 2 aliphatic carbocycles. The van der Waals surface area contributed by atoms with Gasteiger partial charge in [-0.2, -0.15) is 0 Å². The predicted molar refractivity (Wildman–Crippen MR) is 376 cm³/mol. The molecule has 99 heavy (non-hydrogen) atoms. The maximum Gasteiger partial charge on any atom is 0.410 e. The van der Waals surface area contributed by atoms with E-state index in [4.69, 9.17) is 4.74 Å². The third-order valence-electron chi connectivity index (χ3n) is 19.4. The summed E-state index contributed by atoms with van der Waals surface area (Å²) in [6.07, 6.45) is 1.79. The summed E-state index contributed by atoms with van der Waals surface area (Å²) in [7, 11) is 12.9. The van der Waals surface area contributed by atoms with Crippen molar-refractivity contribution in [1.82, 2.24) is 55.1 Å². The molecule has 0 heterocycles. The summed E-state index contributed by atoms with van der Waals surface area (Å²) in [5.74, 6) is -8.65. The van der Waals surface area contributed by atoms with E-state index in [0.717, 1.165) is 44.9 Å². The fourth-order valence-electron chi connectivity index (χ4n) is 13.3. The van der Waals surface area contributed by atoms with Gasteiger partial charge in [0.15, 0.2) is 0 Å². The minimum absolute atomic E-state index is 0.0186. The van der Waals surface area contributed by atoms with Crippen LogP contribution in [0.5, 0.6) is 0 Å². The van der Waals surface area contributed by atoms with Crippen LogP contribution >= 0.6 is 0 Å². The first-order valence-electron chi connectivity index (χ1n) is 34.5. The molecule has 544 valence electrons. The fraction of sp³-hybridized carbons (Fsp3) is 0.595. The number of nitrogens with zero attached hydrogens (tertiary/aromatic N) is 8. The maximum atomic E-state index is 15.2. The van der Waals surface area contributed by atoms with Gasteiger partial charge in [0.05, 0.1) is 6.42 Å². The highest BCUT2D eigenvalue weighted by Crippen LogP contribution is 2.44. The number of carboxylic acids is 1. The Hall–Kier alpha value is -8.90. The lowest BCUT2D eigenvalue weighted by Gasteiger charge is -2.38. The Morgan fingerprint density at radius 2 is 0.899 bits per heavy atom. The van der Waals surface area contributed by atoms with Crippen LogP contribution in [0.2, 0.25) is 0 Å². The van der Waals surface area contributed by atoms with Crippen molar-refractivity contribution in [2.75, 3.05) is 70.0 Å². The molecular formula is C74H109N11O14. The number of hydrogen-bond donors (Lipinski definition) is 4. The second-order valence-electron chi connectivity index (χ2n) is 28.4. The van der Waals surface area contributed by atoms with Crippen LogP contribution in [0.25, 0.3) is 11.1 Å². The summed E-state index contributed by atoms with van der Waals surface area (Å²) < 4.78 is 5.86. The van der Waals surface area contributed by atoms with Gasteiger partial charge >= 0.3 is 12.1 Å². The average Bonchev–Trinajstić information content (AvgIpc) is 1.70. The highest BCUT2D eigenvalue weighted by molar-refractivity contribution is 5.99. The molecule has 4 N–H and O–H groups in total. The number of hydrogen-bond acceptors (Lipinski definition) is 13. The highest BCUT2D eigenvalue weighted by atomic mass is 16.6. The first-order valence-corrected chi connectivity index (χ1v) is 34.5. The largest absolute Gasteiger partial charge is 0.481 e. The van der Waals surface area contributed by atoms with Gasteiger partial charge in [0.25, 0.3) is 0 Å². The molecule has 0 aliphatic heterocycles. The van der Waals surface area contributed by atoms with Crippen LogP contribution in [0, 0.1) is 23.7 Å². The highest BCUT2D eigenvalue weighted by Gasteiger charge is 2.45. The number of likely N-dealkylation sites (N-methyl/N-ethyl adjacent to an activating group) is 8. The van der Waals surface area contributed by atoms with E-state index in [2.05, 4.69) is 16.0 Å². The molecule has 1 unspecified atom stereocenters. The molecule has 25 heteroatoms. The van der Waals surface area contributed by atoms with Gasteiger partial charge < -0.3 is 60.1 Å². The van der Waals surface area contributed by atoms with E-state index < -0.39 is 138 Å². The molecule has 3 aromatic rings. The van der Waals surface area contributed by atoms with Gasteiger partial charge in [-0.3, -0.25) is 57.6 Å². The summed E-state index contributed by atoms with van der Waals surface area (Å²) in [6.45, 7) is 17.2. The number of carboxylic acid groups (broad SMARTS) is 1. The summed E-state index contributed by atoms with van der Waals surface area (Å²) in [6, 6.07) is 12.9. The normalized spacial score (nSPS) is 15.8. The number of aliphatic carboxylic acids is 1. The smallest absolute Gasteiger partial charge is 0.410 e. The molecule has 10 atom stereocenters. The van der Waals surface area contributed by atoms with Gasteiger partial charge in [-0.15, -0.1) is 0 Å². The van der Waals surface area contributed by atoms with Crippen molar-refractivity contribution in [2.24, 2.45) is 23.7 Å². The van der Waals surface area contributed by atoms with E-state index in [9.17, 15) is 53.1 Å². The first kappa shape index (κ1) is 80.8. The van der Waals surface area contributed by atoms with Gasteiger partial charge in [0, 0.05) is 75.8 Å². The molecule has 0 saturated heterocycles. The summed E-state index contributed by atoms with van der Waals surface area (Å²) in [4.78, 5) is 179. The molecule has 11 amide bonds. The quantitative estimate of drug-likeness (QED) is 0.0555. The van der Waals surface area contributed by atoms with Crippen molar-refractivity contribution < 1.29 is 67.4 Å². The number of nitrogens with one attached hydrogen (secondary N) is 3. The van der Waals surface area contributed by atoms with E-state index in [0.29, 0.717) is 18.4 Å². The van der Waals surface area contributed by atoms with Crippen LogP contribution in [0.15, 0.2) is 78.9 Å². The molecule has 5 rings (SSSR count). The van der Waals surface area contributed by atoms with E-state index in [1.165, 1.54) is 114 Å². The Kier molecular flexibility index (Phi) is 29.6. The first-order chi connectivity index (χ1) is 46.4. The summed E-state index contributed by atoms with van der Waals surface area (Å²) in [5.41, 5.74) is 4.87. The fourth-order valence-corrected chi connectivity index (χ4v) is 13.3. The van der Waals surface area contributed by atoms with Gasteiger partial charge in [-0.05, 0) is 111 Å². The lowest BCUT2D eigenvalue weighted by atomic mass is 9.94. The molecule has 2 aliphatic rings. The van der Waals surface area contributed by atoms with Crippen LogP contribution < -0.4 is 16.0 Å². The standard InChI is InChI=1S/C74H109N11O14/c1-43(2)37-57(70(94)79(13)48(9)64(88)75-47(8)68(92)85(19)63(51-31-23-24-32-51)73(97)84(18)61(41-62(86)87)71(95)78(11)12)77-66(90)59(40-50-29-21-20-22-30-50)82(16)72(96)60(39-45(5)6)83(17)67(91)46(7)76-65(89)58(38-44(3)4)81(15)69(93)49(10)80(14)74(98)99-42-56-54-35-27-25-33-52(54)53-34-26-28-36-55(53)56/h20-22,25-30,33-36,43-49,51,56-61,63H,23-24,31-32,37-42H2,1-19H3,(H,75,88)(H,76,89)(H,77,90)(H,86,87)/t46-,47-,48-,49-,57-,58-,59-,60-,61-,63?/m0/s1. The van der Waals surface area contributed by atoms with E-state index in [1.807, 2.05) is 90.1 Å². The zero-order chi connectivity index (χ0) is 74.2. The van der Waals surface area contributed by atoms with Crippen molar-refractivity contribution >= 4 is 71.1 Å². The molecular weight excluding hydrogens is 1270 g/mol. The minimum atomic E-state index is -1.35. The zero-order valence-corrected chi connectivity index (χ0v) is 61.6. The number of rotatable bonds is 33. The van der Waals surface area contributed by atoms with Gasteiger partial charge in [-0.25, -0.2) is 4.79 Å². The van der Waals surface area contributed by atoms with Gasteiger partial charge in [0.2, 0.25) is 59.1 Å². The average molecular weight is 1380 g/mol.